The van der Waals surface area contributed by atoms with Crippen LogP contribution >= 0.6 is 0 Å². The largest absolute Gasteiger partial charge is 0.496 e. The van der Waals surface area contributed by atoms with Crippen LogP contribution in [0.15, 0.2) is 12.1 Å². The first-order valence-electron chi connectivity index (χ1n) is 5.66. The number of rotatable bonds is 2. The van der Waals surface area contributed by atoms with Crippen LogP contribution in [0.5, 0.6) is 5.75 Å². The molecular formula is C13H19NO2. The van der Waals surface area contributed by atoms with E-state index in [1.807, 2.05) is 26.0 Å². The lowest BCUT2D eigenvalue weighted by Gasteiger charge is -2.25. The maximum atomic E-state index is 10.5. The second-order valence-corrected chi connectivity index (χ2v) is 4.52. The lowest BCUT2D eigenvalue weighted by atomic mass is 9.87. The molecule has 3 nitrogen and oxygen atoms in total. The number of β-amino-alcohol motifs (C(OH)–C–C–N with tert-alkyl or cyclic N) is 1. The van der Waals surface area contributed by atoms with Gasteiger partial charge in [-0.25, -0.2) is 0 Å². The fourth-order valence-corrected chi connectivity index (χ4v) is 2.43. The lowest BCUT2D eigenvalue weighted by Crippen LogP contribution is -2.29. The van der Waals surface area contributed by atoms with Crippen LogP contribution < -0.4 is 10.1 Å². The second kappa shape index (κ2) is 4.07. The summed E-state index contributed by atoms with van der Waals surface area (Å²) in [6.07, 6.45) is 0.777. The van der Waals surface area contributed by atoms with E-state index >= 15 is 0 Å². The van der Waals surface area contributed by atoms with Crippen molar-refractivity contribution in [3.63, 3.8) is 0 Å². The zero-order valence-electron chi connectivity index (χ0n) is 10.1. The van der Waals surface area contributed by atoms with E-state index in [-0.39, 0.29) is 0 Å². The Hall–Kier alpha value is -1.06. The zero-order chi connectivity index (χ0) is 11.8. The number of aliphatic hydroxyl groups is 1. The van der Waals surface area contributed by atoms with Gasteiger partial charge in [0, 0.05) is 6.54 Å². The first kappa shape index (κ1) is 11.4. The molecular weight excluding hydrogens is 202 g/mol. The predicted octanol–water partition coefficient (Wildman–Crippen LogP) is 1.49. The fourth-order valence-electron chi connectivity index (χ4n) is 2.43. The van der Waals surface area contributed by atoms with Crippen molar-refractivity contribution < 1.29 is 9.84 Å². The molecule has 2 N–H and O–H groups in total. The third kappa shape index (κ3) is 1.70. The van der Waals surface area contributed by atoms with Crippen LogP contribution in [0.1, 0.15) is 23.1 Å². The average molecular weight is 221 g/mol. The molecule has 0 amide bonds. The van der Waals surface area contributed by atoms with Gasteiger partial charge in [0.1, 0.15) is 11.4 Å². The van der Waals surface area contributed by atoms with Gasteiger partial charge in [-0.1, -0.05) is 6.07 Å². The molecule has 0 aliphatic carbocycles. The molecule has 0 radical (unpaired) electrons. The molecule has 1 fully saturated rings. The summed E-state index contributed by atoms with van der Waals surface area (Å²) >= 11 is 0. The summed E-state index contributed by atoms with van der Waals surface area (Å²) in [5.41, 5.74) is 2.56. The van der Waals surface area contributed by atoms with Gasteiger partial charge in [-0.2, -0.15) is 0 Å². The van der Waals surface area contributed by atoms with Crippen LogP contribution in [0.25, 0.3) is 0 Å². The zero-order valence-corrected chi connectivity index (χ0v) is 10.1. The van der Waals surface area contributed by atoms with E-state index in [1.165, 1.54) is 0 Å². The van der Waals surface area contributed by atoms with Crippen molar-refractivity contribution >= 4 is 0 Å². The molecule has 1 heterocycles. The van der Waals surface area contributed by atoms with Crippen molar-refractivity contribution in [1.29, 1.82) is 0 Å². The molecule has 1 aliphatic heterocycles. The minimum absolute atomic E-state index is 0.639. The molecule has 2 rings (SSSR count). The van der Waals surface area contributed by atoms with Crippen LogP contribution in [-0.2, 0) is 5.60 Å². The topological polar surface area (TPSA) is 41.5 Å². The van der Waals surface area contributed by atoms with Crippen molar-refractivity contribution in [2.24, 2.45) is 0 Å². The molecule has 1 saturated heterocycles. The first-order valence-corrected chi connectivity index (χ1v) is 5.66. The van der Waals surface area contributed by atoms with E-state index in [9.17, 15) is 5.11 Å². The highest BCUT2D eigenvalue weighted by Gasteiger charge is 2.34. The van der Waals surface area contributed by atoms with Crippen molar-refractivity contribution in [1.82, 2.24) is 5.32 Å². The molecule has 1 aromatic carbocycles. The summed E-state index contributed by atoms with van der Waals surface area (Å²) in [4.78, 5) is 0. The number of ether oxygens (including phenoxy) is 1. The van der Waals surface area contributed by atoms with Crippen molar-refractivity contribution in [3.8, 4) is 5.75 Å². The Labute approximate surface area is 96.4 Å². The molecule has 88 valence electrons. The Morgan fingerprint density at radius 3 is 2.62 bits per heavy atom. The Morgan fingerprint density at radius 1 is 1.31 bits per heavy atom. The molecule has 16 heavy (non-hydrogen) atoms. The summed E-state index contributed by atoms with van der Waals surface area (Å²) in [5, 5.41) is 13.7. The average Bonchev–Trinajstić information content (AvgIpc) is 2.70. The summed E-state index contributed by atoms with van der Waals surface area (Å²) in [7, 11) is 1.67. The van der Waals surface area contributed by atoms with Gasteiger partial charge < -0.3 is 15.2 Å². The van der Waals surface area contributed by atoms with Crippen LogP contribution in [0.3, 0.4) is 0 Å². The van der Waals surface area contributed by atoms with Gasteiger partial charge in [0.15, 0.2) is 0 Å². The van der Waals surface area contributed by atoms with Crippen LogP contribution in [-0.4, -0.2) is 25.3 Å². The Bertz CT molecular complexity index is 395. The van der Waals surface area contributed by atoms with Crippen LogP contribution in [0, 0.1) is 13.8 Å². The fraction of sp³-hybridized carbons (Fsp3) is 0.538. The van der Waals surface area contributed by atoms with E-state index in [1.54, 1.807) is 7.11 Å². The highest BCUT2D eigenvalue weighted by Crippen LogP contribution is 2.34. The van der Waals surface area contributed by atoms with E-state index in [2.05, 4.69) is 5.32 Å². The van der Waals surface area contributed by atoms with E-state index < -0.39 is 5.60 Å². The summed E-state index contributed by atoms with van der Waals surface area (Å²) in [6, 6.07) is 3.92. The Morgan fingerprint density at radius 2 is 2.06 bits per heavy atom. The summed E-state index contributed by atoms with van der Waals surface area (Å²) < 4.78 is 5.28. The molecule has 1 aliphatic rings. The third-order valence-corrected chi connectivity index (χ3v) is 3.59. The standard InChI is InChI=1S/C13H19NO2/c1-9-10(2)12(16-3)5-4-11(9)13(15)6-7-14-8-13/h4-5,14-15H,6-8H2,1-3H3. The Balaban J connectivity index is 2.46. The highest BCUT2D eigenvalue weighted by molar-refractivity contribution is 5.46. The molecule has 0 aromatic heterocycles. The minimum atomic E-state index is -0.707. The molecule has 1 atom stereocenters. The maximum Gasteiger partial charge on any atom is 0.122 e. The number of methoxy groups -OCH3 is 1. The molecule has 0 saturated carbocycles. The number of benzene rings is 1. The highest BCUT2D eigenvalue weighted by atomic mass is 16.5. The monoisotopic (exact) mass is 221 g/mol. The van der Waals surface area contributed by atoms with Gasteiger partial charge in [-0.05, 0) is 49.6 Å². The van der Waals surface area contributed by atoms with Gasteiger partial charge in [0.05, 0.1) is 7.11 Å². The van der Waals surface area contributed by atoms with Crippen molar-refractivity contribution in [2.75, 3.05) is 20.2 Å². The van der Waals surface area contributed by atoms with Gasteiger partial charge in [-0.3, -0.25) is 0 Å². The van der Waals surface area contributed by atoms with E-state index in [0.29, 0.717) is 6.54 Å². The molecule has 0 bridgehead atoms. The van der Waals surface area contributed by atoms with Crippen LogP contribution in [0.2, 0.25) is 0 Å². The first-order chi connectivity index (χ1) is 7.58. The third-order valence-electron chi connectivity index (χ3n) is 3.59. The van der Waals surface area contributed by atoms with E-state index in [0.717, 1.165) is 35.4 Å². The lowest BCUT2D eigenvalue weighted by molar-refractivity contribution is 0.0580. The summed E-state index contributed by atoms with van der Waals surface area (Å²) in [6.45, 7) is 5.59. The van der Waals surface area contributed by atoms with Crippen molar-refractivity contribution in [3.05, 3.63) is 28.8 Å². The smallest absolute Gasteiger partial charge is 0.122 e. The second-order valence-electron chi connectivity index (χ2n) is 4.52. The SMILES string of the molecule is COc1ccc(C2(O)CCNC2)c(C)c1C. The number of hydrogen-bond acceptors (Lipinski definition) is 3. The molecule has 0 spiro atoms. The van der Waals surface area contributed by atoms with Gasteiger partial charge in [0.25, 0.3) is 0 Å². The maximum absolute atomic E-state index is 10.5. The minimum Gasteiger partial charge on any atom is -0.496 e. The Kier molecular flexibility index (Phi) is 2.91. The molecule has 1 aromatic rings. The molecule has 1 unspecified atom stereocenters. The van der Waals surface area contributed by atoms with Gasteiger partial charge in [-0.15, -0.1) is 0 Å². The van der Waals surface area contributed by atoms with Crippen LogP contribution in [0.4, 0.5) is 0 Å². The number of hydrogen-bond donors (Lipinski definition) is 2. The predicted molar refractivity (Wildman–Crippen MR) is 63.9 cm³/mol. The van der Waals surface area contributed by atoms with Gasteiger partial charge in [0.2, 0.25) is 0 Å². The quantitative estimate of drug-likeness (QED) is 0.795. The molecule has 3 heteroatoms. The van der Waals surface area contributed by atoms with Crippen molar-refractivity contribution in [2.45, 2.75) is 25.9 Å². The summed E-state index contributed by atoms with van der Waals surface area (Å²) in [5.74, 6) is 0.885. The number of nitrogens with one attached hydrogen (secondary N) is 1. The van der Waals surface area contributed by atoms with Gasteiger partial charge >= 0.3 is 0 Å². The van der Waals surface area contributed by atoms with E-state index in [4.69, 9.17) is 4.74 Å². The normalized spacial score (nSPS) is 24.8.